The van der Waals surface area contributed by atoms with Gasteiger partial charge in [0.05, 0.1) is 11.5 Å². The molecule has 0 aliphatic carbocycles. The molecule has 3 amide bonds. The van der Waals surface area contributed by atoms with Crippen LogP contribution >= 0.6 is 27.7 Å². The van der Waals surface area contributed by atoms with Crippen LogP contribution in [-0.4, -0.2) is 34.2 Å². The minimum absolute atomic E-state index is 0.00839. The van der Waals surface area contributed by atoms with Gasteiger partial charge in [-0.3, -0.25) is 25.2 Å². The zero-order valence-corrected chi connectivity index (χ0v) is 15.2. The number of H-pyrrole nitrogens is 1. The van der Waals surface area contributed by atoms with E-state index in [0.717, 1.165) is 11.8 Å². The Balaban J connectivity index is 1.63. The first-order valence-electron chi connectivity index (χ1n) is 7.00. The molecule has 0 atom stereocenters. The number of aromatic amines is 1. The Hall–Kier alpha value is -2.33. The molecule has 2 rings (SSSR count). The number of carbonyl (C=O) groups excluding carboxylic acids is 3. The highest BCUT2D eigenvalue weighted by Crippen LogP contribution is 2.10. The predicted molar refractivity (Wildman–Crippen MR) is 96.5 cm³/mol. The van der Waals surface area contributed by atoms with Gasteiger partial charge in [-0.05, 0) is 46.3 Å². The van der Waals surface area contributed by atoms with Crippen molar-refractivity contribution in [1.29, 1.82) is 0 Å². The molecule has 1 aromatic carbocycles. The van der Waals surface area contributed by atoms with E-state index in [1.807, 2.05) is 0 Å². The second-order valence-electron chi connectivity index (χ2n) is 4.78. The molecule has 4 N–H and O–H groups in total. The third-order valence-electron chi connectivity index (χ3n) is 2.80. The van der Waals surface area contributed by atoms with Gasteiger partial charge in [0.15, 0.2) is 0 Å². The van der Waals surface area contributed by atoms with Gasteiger partial charge in [0, 0.05) is 16.4 Å². The summed E-state index contributed by atoms with van der Waals surface area (Å²) in [6, 6.07) is 6.93. The maximum Gasteiger partial charge on any atom is 0.286 e. The van der Waals surface area contributed by atoms with Gasteiger partial charge >= 0.3 is 0 Å². The number of hydrogen-bond acceptors (Lipinski definition) is 4. The van der Waals surface area contributed by atoms with Crippen LogP contribution in [0.25, 0.3) is 0 Å². The fourth-order valence-corrected chi connectivity index (χ4v) is 2.66. The molecule has 132 valence electrons. The highest BCUT2D eigenvalue weighted by molar-refractivity contribution is 9.10. The van der Waals surface area contributed by atoms with Crippen LogP contribution in [0.3, 0.4) is 0 Å². The van der Waals surface area contributed by atoms with E-state index >= 15 is 0 Å². The summed E-state index contributed by atoms with van der Waals surface area (Å²) in [5.41, 5.74) is 5.27. The summed E-state index contributed by atoms with van der Waals surface area (Å²) in [5.74, 6) is -1.60. The number of anilines is 1. The molecule has 25 heavy (non-hydrogen) atoms. The largest absolute Gasteiger partial charge is 0.356 e. The van der Waals surface area contributed by atoms with E-state index in [2.05, 4.69) is 37.1 Å². The number of hydrogen-bond donors (Lipinski definition) is 4. The zero-order valence-electron chi connectivity index (χ0n) is 12.8. The first-order chi connectivity index (χ1) is 11.9. The van der Waals surface area contributed by atoms with E-state index in [9.17, 15) is 18.8 Å². The van der Waals surface area contributed by atoms with Gasteiger partial charge in [-0.2, -0.15) is 0 Å². The fraction of sp³-hybridized carbons (Fsp3) is 0.133. The van der Waals surface area contributed by atoms with Gasteiger partial charge in [0.25, 0.3) is 5.91 Å². The Morgan fingerprint density at radius 2 is 1.76 bits per heavy atom. The van der Waals surface area contributed by atoms with Gasteiger partial charge in [-0.15, -0.1) is 11.8 Å². The van der Waals surface area contributed by atoms with E-state index < -0.39 is 17.6 Å². The van der Waals surface area contributed by atoms with Crippen molar-refractivity contribution in [3.63, 3.8) is 0 Å². The standard InChI is InChI=1S/C15H14BrFN4O3S/c16-9-5-12(18-6-9)15(24)21-20-14(23)8-25-7-13(22)19-11-3-1-10(17)2-4-11/h1-6,18H,7-8H2,(H,19,22)(H,20,23)(H,21,24). The number of carbonyl (C=O) groups is 3. The molecule has 0 aliphatic heterocycles. The van der Waals surface area contributed by atoms with Gasteiger partial charge in [0.1, 0.15) is 11.5 Å². The Bertz CT molecular complexity index is 766. The maximum absolute atomic E-state index is 12.8. The van der Waals surface area contributed by atoms with E-state index in [0.29, 0.717) is 15.9 Å². The molecule has 1 heterocycles. The highest BCUT2D eigenvalue weighted by atomic mass is 79.9. The molecule has 0 saturated carbocycles. The van der Waals surface area contributed by atoms with Crippen LogP contribution in [0.15, 0.2) is 41.0 Å². The van der Waals surface area contributed by atoms with Crippen molar-refractivity contribution < 1.29 is 18.8 Å². The molecule has 0 unspecified atom stereocenters. The first kappa shape index (κ1) is 19.0. The number of aromatic nitrogens is 1. The van der Waals surface area contributed by atoms with E-state index in [4.69, 9.17) is 0 Å². The van der Waals surface area contributed by atoms with Crippen molar-refractivity contribution in [2.24, 2.45) is 0 Å². The Kier molecular flexibility index (Phi) is 7.02. The molecule has 0 saturated heterocycles. The molecule has 0 spiro atoms. The molecular formula is C15H14BrFN4O3S. The van der Waals surface area contributed by atoms with E-state index in [1.54, 1.807) is 12.3 Å². The average Bonchev–Trinajstić information content (AvgIpc) is 3.01. The SMILES string of the molecule is O=C(CSCC(=O)Nc1ccc(F)cc1)NNC(=O)c1cc(Br)c[nH]1. The summed E-state index contributed by atoms with van der Waals surface area (Å²) in [6.07, 6.45) is 1.59. The van der Waals surface area contributed by atoms with Gasteiger partial charge in [0.2, 0.25) is 11.8 Å². The van der Waals surface area contributed by atoms with Crippen molar-refractivity contribution >= 4 is 51.1 Å². The summed E-state index contributed by atoms with van der Waals surface area (Å²) in [6.45, 7) is 0. The lowest BCUT2D eigenvalue weighted by Gasteiger charge is -2.07. The number of nitrogens with one attached hydrogen (secondary N) is 4. The second-order valence-corrected chi connectivity index (χ2v) is 6.68. The second kappa shape index (κ2) is 9.23. The minimum atomic E-state index is -0.488. The number of thioether (sulfide) groups is 1. The van der Waals surface area contributed by atoms with Crippen LogP contribution in [0.1, 0.15) is 10.5 Å². The number of rotatable bonds is 6. The molecular weight excluding hydrogens is 415 g/mol. The molecule has 1 aromatic heterocycles. The van der Waals surface area contributed by atoms with Crippen molar-refractivity contribution in [2.45, 2.75) is 0 Å². The molecule has 2 aromatic rings. The lowest BCUT2D eigenvalue weighted by Crippen LogP contribution is -2.42. The maximum atomic E-state index is 12.8. The minimum Gasteiger partial charge on any atom is -0.356 e. The summed E-state index contributed by atoms with van der Waals surface area (Å²) in [4.78, 5) is 37.7. The molecule has 0 bridgehead atoms. The number of benzene rings is 1. The van der Waals surface area contributed by atoms with Crippen LogP contribution in [0.2, 0.25) is 0 Å². The number of amides is 3. The predicted octanol–water partition coefficient (Wildman–Crippen LogP) is 2.05. The van der Waals surface area contributed by atoms with Crippen molar-refractivity contribution in [3.05, 3.63) is 52.5 Å². The van der Waals surface area contributed by atoms with Gasteiger partial charge in [-0.1, -0.05) is 0 Å². The number of hydrazine groups is 1. The summed E-state index contributed by atoms with van der Waals surface area (Å²) in [5, 5.41) is 2.58. The smallest absolute Gasteiger partial charge is 0.286 e. The molecule has 10 heteroatoms. The van der Waals surface area contributed by atoms with Crippen molar-refractivity contribution in [3.8, 4) is 0 Å². The summed E-state index contributed by atoms with van der Waals surface area (Å²) in [7, 11) is 0. The average molecular weight is 429 g/mol. The van der Waals surface area contributed by atoms with Crippen LogP contribution in [0.4, 0.5) is 10.1 Å². The van der Waals surface area contributed by atoms with Crippen LogP contribution in [0.5, 0.6) is 0 Å². The monoisotopic (exact) mass is 428 g/mol. The first-order valence-corrected chi connectivity index (χ1v) is 8.95. The Labute approximate surface area is 155 Å². The van der Waals surface area contributed by atoms with E-state index in [-0.39, 0.29) is 17.4 Å². The van der Waals surface area contributed by atoms with E-state index in [1.165, 1.54) is 24.3 Å². The quantitative estimate of drug-likeness (QED) is 0.528. The zero-order chi connectivity index (χ0) is 18.2. The van der Waals surface area contributed by atoms with Crippen LogP contribution in [0, 0.1) is 5.82 Å². The summed E-state index contributed by atoms with van der Waals surface area (Å²) < 4.78 is 13.5. The molecule has 0 aliphatic rings. The van der Waals surface area contributed by atoms with Crippen LogP contribution < -0.4 is 16.2 Å². The molecule has 7 nitrogen and oxygen atoms in total. The summed E-state index contributed by atoms with van der Waals surface area (Å²) >= 11 is 4.28. The lowest BCUT2D eigenvalue weighted by atomic mass is 10.3. The highest BCUT2D eigenvalue weighted by Gasteiger charge is 2.10. The van der Waals surface area contributed by atoms with Crippen molar-refractivity contribution in [1.82, 2.24) is 15.8 Å². The Morgan fingerprint density at radius 1 is 1.08 bits per heavy atom. The van der Waals surface area contributed by atoms with Crippen LogP contribution in [-0.2, 0) is 9.59 Å². The third-order valence-corrected chi connectivity index (χ3v) is 4.19. The third kappa shape index (κ3) is 6.59. The molecule has 0 radical (unpaired) electrons. The van der Waals surface area contributed by atoms with Gasteiger partial charge < -0.3 is 10.3 Å². The topological polar surface area (TPSA) is 103 Å². The normalized spacial score (nSPS) is 10.2. The fourth-order valence-electron chi connectivity index (χ4n) is 1.70. The Morgan fingerprint density at radius 3 is 2.40 bits per heavy atom. The lowest BCUT2D eigenvalue weighted by molar-refractivity contribution is -0.119. The molecule has 0 fully saturated rings. The number of halogens is 2. The van der Waals surface area contributed by atoms with Crippen molar-refractivity contribution in [2.75, 3.05) is 16.8 Å². The van der Waals surface area contributed by atoms with Gasteiger partial charge in [-0.25, -0.2) is 4.39 Å².